The number of hydrogen-bond acceptors (Lipinski definition) is 3. The Morgan fingerprint density at radius 3 is 2.74 bits per heavy atom. The summed E-state index contributed by atoms with van der Waals surface area (Å²) in [4.78, 5) is 12.1. The normalized spacial score (nSPS) is 13.3. The molecule has 1 aromatic heterocycles. The van der Waals surface area contributed by atoms with Gasteiger partial charge in [-0.15, -0.1) is 0 Å². The van der Waals surface area contributed by atoms with Crippen LogP contribution in [0.25, 0.3) is 5.69 Å². The van der Waals surface area contributed by atoms with E-state index in [4.69, 9.17) is 5.11 Å². The predicted molar refractivity (Wildman–Crippen MR) is 89.4 cm³/mol. The molecule has 23 heavy (non-hydrogen) atoms. The van der Waals surface area contributed by atoms with Crippen LogP contribution in [0.4, 0.5) is 4.79 Å². The zero-order chi connectivity index (χ0) is 16.7. The van der Waals surface area contributed by atoms with Crippen molar-refractivity contribution in [3.63, 3.8) is 0 Å². The lowest BCUT2D eigenvalue weighted by molar-refractivity contribution is 0.225. The van der Waals surface area contributed by atoms with Crippen LogP contribution in [-0.4, -0.2) is 33.6 Å². The second-order valence-electron chi connectivity index (χ2n) is 5.47. The number of rotatable bonds is 7. The highest BCUT2D eigenvalue weighted by Crippen LogP contribution is 2.20. The van der Waals surface area contributed by atoms with Crippen LogP contribution in [0.2, 0.25) is 0 Å². The summed E-state index contributed by atoms with van der Waals surface area (Å²) in [5.41, 5.74) is 1.93. The van der Waals surface area contributed by atoms with Crippen LogP contribution in [0, 0.1) is 0 Å². The third-order valence-electron chi connectivity index (χ3n) is 3.81. The van der Waals surface area contributed by atoms with Gasteiger partial charge in [-0.05, 0) is 37.5 Å². The molecule has 0 aliphatic carbocycles. The molecule has 2 amide bonds. The van der Waals surface area contributed by atoms with Crippen LogP contribution >= 0.6 is 0 Å². The average Bonchev–Trinajstić information content (AvgIpc) is 3.08. The maximum atomic E-state index is 12.1. The highest BCUT2D eigenvalue weighted by Gasteiger charge is 2.16. The Morgan fingerprint density at radius 1 is 1.30 bits per heavy atom. The van der Waals surface area contributed by atoms with Crippen molar-refractivity contribution in [2.45, 2.75) is 38.8 Å². The number of amides is 2. The Morgan fingerprint density at radius 2 is 2.09 bits per heavy atom. The van der Waals surface area contributed by atoms with E-state index in [0.29, 0.717) is 6.42 Å². The Bertz CT molecular complexity index is 613. The number of urea groups is 1. The molecule has 124 valence electrons. The van der Waals surface area contributed by atoms with Gasteiger partial charge >= 0.3 is 6.03 Å². The summed E-state index contributed by atoms with van der Waals surface area (Å²) in [6, 6.07) is 9.29. The fourth-order valence-corrected chi connectivity index (χ4v) is 2.51. The van der Waals surface area contributed by atoms with Gasteiger partial charge in [-0.25, -0.2) is 9.48 Å². The molecular formula is C17H24N4O2. The molecule has 0 spiro atoms. The number of benzene rings is 1. The van der Waals surface area contributed by atoms with E-state index in [2.05, 4.69) is 15.7 Å². The molecule has 0 aliphatic heterocycles. The van der Waals surface area contributed by atoms with Gasteiger partial charge in [0.25, 0.3) is 0 Å². The molecule has 1 heterocycles. The third kappa shape index (κ3) is 4.56. The van der Waals surface area contributed by atoms with Crippen LogP contribution in [0.3, 0.4) is 0 Å². The van der Waals surface area contributed by atoms with E-state index in [1.165, 1.54) is 0 Å². The molecule has 3 N–H and O–H groups in total. The Kier molecular flexibility index (Phi) is 6.17. The summed E-state index contributed by atoms with van der Waals surface area (Å²) >= 11 is 0. The number of nitrogens with one attached hydrogen (secondary N) is 2. The van der Waals surface area contributed by atoms with Gasteiger partial charge in [-0.1, -0.05) is 25.1 Å². The van der Waals surface area contributed by atoms with Gasteiger partial charge in [0.15, 0.2) is 0 Å². The number of hydrogen-bond donors (Lipinski definition) is 3. The lowest BCUT2D eigenvalue weighted by atomic mass is 10.1. The van der Waals surface area contributed by atoms with Crippen LogP contribution in [-0.2, 0) is 0 Å². The second-order valence-corrected chi connectivity index (χ2v) is 5.47. The van der Waals surface area contributed by atoms with Gasteiger partial charge in [0.1, 0.15) is 0 Å². The Balaban J connectivity index is 2.06. The van der Waals surface area contributed by atoms with E-state index in [9.17, 15) is 4.79 Å². The van der Waals surface area contributed by atoms with E-state index in [-0.39, 0.29) is 24.7 Å². The molecule has 6 nitrogen and oxygen atoms in total. The summed E-state index contributed by atoms with van der Waals surface area (Å²) in [6.07, 6.45) is 4.94. The molecule has 2 rings (SSSR count). The summed E-state index contributed by atoms with van der Waals surface area (Å²) in [6.45, 7) is 3.99. The smallest absolute Gasteiger partial charge is 0.315 e. The third-order valence-corrected chi connectivity index (χ3v) is 3.81. The SMILES string of the molecule is CCC(CCO)NC(=O)NC(C)c1ccccc1-n1cccn1. The van der Waals surface area contributed by atoms with E-state index in [0.717, 1.165) is 17.7 Å². The fourth-order valence-electron chi connectivity index (χ4n) is 2.51. The van der Waals surface area contributed by atoms with Gasteiger partial charge in [-0.2, -0.15) is 5.10 Å². The summed E-state index contributed by atoms with van der Waals surface area (Å²) < 4.78 is 1.78. The predicted octanol–water partition coefficient (Wildman–Crippen LogP) is 2.39. The molecule has 0 aliphatic rings. The summed E-state index contributed by atoms with van der Waals surface area (Å²) in [7, 11) is 0. The molecule has 0 radical (unpaired) electrons. The first kappa shape index (κ1) is 17.0. The fraction of sp³-hybridized carbons (Fsp3) is 0.412. The number of nitrogens with zero attached hydrogens (tertiary/aromatic N) is 2. The zero-order valence-corrected chi connectivity index (χ0v) is 13.6. The first-order chi connectivity index (χ1) is 11.2. The molecule has 2 atom stereocenters. The minimum Gasteiger partial charge on any atom is -0.396 e. The van der Waals surface area contributed by atoms with E-state index < -0.39 is 0 Å². The van der Waals surface area contributed by atoms with Crippen molar-refractivity contribution >= 4 is 6.03 Å². The van der Waals surface area contributed by atoms with Crippen LogP contribution in [0.1, 0.15) is 38.3 Å². The minimum absolute atomic E-state index is 0.0199. The highest BCUT2D eigenvalue weighted by molar-refractivity contribution is 5.75. The van der Waals surface area contributed by atoms with E-state index in [1.54, 1.807) is 10.9 Å². The Labute approximate surface area is 136 Å². The van der Waals surface area contributed by atoms with Gasteiger partial charge in [0.2, 0.25) is 0 Å². The standard InChI is InChI=1S/C17H24N4O2/c1-3-14(9-12-22)20-17(23)19-13(2)15-7-4-5-8-16(15)21-11-6-10-18-21/h4-8,10-11,13-14,22H,3,9,12H2,1-2H3,(H2,19,20,23). The van der Waals surface area contributed by atoms with Crippen LogP contribution in [0.15, 0.2) is 42.7 Å². The monoisotopic (exact) mass is 316 g/mol. The number of aliphatic hydroxyl groups is 1. The summed E-state index contributed by atoms with van der Waals surface area (Å²) in [5.74, 6) is 0. The van der Waals surface area contributed by atoms with Crippen molar-refractivity contribution in [3.8, 4) is 5.69 Å². The van der Waals surface area contributed by atoms with Crippen LogP contribution in [0.5, 0.6) is 0 Å². The second kappa shape index (κ2) is 8.33. The maximum absolute atomic E-state index is 12.1. The highest BCUT2D eigenvalue weighted by atomic mass is 16.3. The molecule has 2 unspecified atom stereocenters. The first-order valence-electron chi connectivity index (χ1n) is 7.92. The maximum Gasteiger partial charge on any atom is 0.315 e. The lowest BCUT2D eigenvalue weighted by Gasteiger charge is -2.21. The molecule has 1 aromatic carbocycles. The molecular weight excluding hydrogens is 292 g/mol. The quantitative estimate of drug-likeness (QED) is 0.734. The number of aromatic nitrogens is 2. The number of aliphatic hydroxyl groups excluding tert-OH is 1. The van der Waals surface area contributed by atoms with Crippen molar-refractivity contribution in [1.29, 1.82) is 0 Å². The van der Waals surface area contributed by atoms with E-state index >= 15 is 0 Å². The first-order valence-corrected chi connectivity index (χ1v) is 7.92. The number of carbonyl (C=O) groups excluding carboxylic acids is 1. The molecule has 0 bridgehead atoms. The van der Waals surface area contributed by atoms with E-state index in [1.807, 2.05) is 50.4 Å². The van der Waals surface area contributed by atoms with Gasteiger partial charge in [-0.3, -0.25) is 0 Å². The van der Waals surface area contributed by atoms with Crippen LogP contribution < -0.4 is 10.6 Å². The Hall–Kier alpha value is -2.34. The van der Waals surface area contributed by atoms with Crippen molar-refractivity contribution in [2.75, 3.05) is 6.61 Å². The van der Waals surface area contributed by atoms with Gasteiger partial charge in [0, 0.05) is 25.0 Å². The average molecular weight is 316 g/mol. The molecule has 6 heteroatoms. The zero-order valence-electron chi connectivity index (χ0n) is 13.6. The molecule has 0 fully saturated rings. The largest absolute Gasteiger partial charge is 0.396 e. The molecule has 2 aromatic rings. The molecule has 0 saturated carbocycles. The number of para-hydroxylation sites is 1. The van der Waals surface area contributed by atoms with Crippen molar-refractivity contribution in [2.24, 2.45) is 0 Å². The van der Waals surface area contributed by atoms with Gasteiger partial charge in [0.05, 0.1) is 11.7 Å². The molecule has 0 saturated heterocycles. The van der Waals surface area contributed by atoms with Crippen molar-refractivity contribution in [3.05, 3.63) is 48.3 Å². The lowest BCUT2D eigenvalue weighted by Crippen LogP contribution is -2.43. The summed E-state index contributed by atoms with van der Waals surface area (Å²) in [5, 5.41) is 19.1. The minimum atomic E-state index is -0.229. The topological polar surface area (TPSA) is 79.2 Å². The van der Waals surface area contributed by atoms with Crippen molar-refractivity contribution < 1.29 is 9.90 Å². The number of carbonyl (C=O) groups is 1. The van der Waals surface area contributed by atoms with Gasteiger partial charge < -0.3 is 15.7 Å². The van der Waals surface area contributed by atoms with Crippen molar-refractivity contribution in [1.82, 2.24) is 20.4 Å².